The van der Waals surface area contributed by atoms with E-state index in [-0.39, 0.29) is 29.5 Å². The summed E-state index contributed by atoms with van der Waals surface area (Å²) in [7, 11) is 1.58. The Bertz CT molecular complexity index is 851. The summed E-state index contributed by atoms with van der Waals surface area (Å²) in [6, 6.07) is 0. The molecule has 32 heavy (non-hydrogen) atoms. The van der Waals surface area contributed by atoms with E-state index in [4.69, 9.17) is 14.2 Å². The van der Waals surface area contributed by atoms with Crippen LogP contribution in [0.4, 0.5) is 0 Å². The number of methoxy groups -OCH3 is 1. The summed E-state index contributed by atoms with van der Waals surface area (Å²) < 4.78 is 18.1. The van der Waals surface area contributed by atoms with E-state index < -0.39 is 23.1 Å². The zero-order chi connectivity index (χ0) is 22.9. The van der Waals surface area contributed by atoms with Crippen LogP contribution in [0.3, 0.4) is 0 Å². The summed E-state index contributed by atoms with van der Waals surface area (Å²) >= 11 is 0. The zero-order valence-corrected chi connectivity index (χ0v) is 19.9. The Morgan fingerprint density at radius 3 is 2.69 bits per heavy atom. The van der Waals surface area contributed by atoms with Gasteiger partial charge in [0.1, 0.15) is 12.2 Å². The van der Waals surface area contributed by atoms with Crippen LogP contribution in [-0.4, -0.2) is 48.1 Å². The van der Waals surface area contributed by atoms with Crippen molar-refractivity contribution < 1.29 is 28.9 Å². The monoisotopic (exact) mass is 446 g/mol. The van der Waals surface area contributed by atoms with Crippen LogP contribution < -0.4 is 0 Å². The molecule has 0 aromatic heterocycles. The van der Waals surface area contributed by atoms with Crippen LogP contribution in [0.5, 0.6) is 0 Å². The summed E-state index contributed by atoms with van der Waals surface area (Å²) in [5, 5.41) is 11.6. The molecule has 4 fully saturated rings. The maximum Gasteiger partial charge on any atom is 0.284 e. The van der Waals surface area contributed by atoms with E-state index in [9.17, 15) is 14.7 Å². The van der Waals surface area contributed by atoms with E-state index >= 15 is 0 Å². The highest BCUT2D eigenvalue weighted by Crippen LogP contribution is 2.69. The van der Waals surface area contributed by atoms with Gasteiger partial charge >= 0.3 is 0 Å². The Morgan fingerprint density at radius 2 is 1.97 bits per heavy atom. The smallest absolute Gasteiger partial charge is 0.284 e. The third-order valence-corrected chi connectivity index (χ3v) is 10.1. The molecule has 1 N–H and O–H groups in total. The second kappa shape index (κ2) is 7.46. The second-order valence-corrected chi connectivity index (χ2v) is 11.4. The Morgan fingerprint density at radius 1 is 1.19 bits per heavy atom. The van der Waals surface area contributed by atoms with E-state index in [1.165, 1.54) is 5.57 Å². The predicted molar refractivity (Wildman–Crippen MR) is 118 cm³/mol. The predicted octanol–water partition coefficient (Wildman–Crippen LogP) is 3.94. The van der Waals surface area contributed by atoms with Gasteiger partial charge in [0.25, 0.3) is 5.97 Å². The number of carbonyl (C=O) groups excluding carboxylic acids is 2. The molecule has 1 aliphatic heterocycles. The molecule has 8 atom stereocenters. The van der Waals surface area contributed by atoms with Crippen molar-refractivity contribution in [3.05, 3.63) is 11.6 Å². The number of aliphatic hydroxyl groups excluding tert-OH is 1. The highest BCUT2D eigenvalue weighted by molar-refractivity contribution is 5.92. The van der Waals surface area contributed by atoms with Gasteiger partial charge in [-0.2, -0.15) is 0 Å². The molecule has 5 aliphatic rings. The number of carbonyl (C=O) groups is 2. The first-order chi connectivity index (χ1) is 15.1. The summed E-state index contributed by atoms with van der Waals surface area (Å²) in [6.07, 6.45) is 8.06. The van der Waals surface area contributed by atoms with Crippen LogP contribution in [0.25, 0.3) is 0 Å². The van der Waals surface area contributed by atoms with Crippen molar-refractivity contribution in [2.75, 3.05) is 13.7 Å². The highest BCUT2D eigenvalue weighted by atomic mass is 16.9. The van der Waals surface area contributed by atoms with E-state index in [2.05, 4.69) is 13.8 Å². The molecule has 0 bridgehead atoms. The van der Waals surface area contributed by atoms with Crippen LogP contribution >= 0.6 is 0 Å². The van der Waals surface area contributed by atoms with E-state index in [1.807, 2.05) is 13.0 Å². The molecular weight excluding hydrogens is 408 g/mol. The van der Waals surface area contributed by atoms with Gasteiger partial charge in [-0.25, -0.2) is 0 Å². The summed E-state index contributed by atoms with van der Waals surface area (Å²) in [5.41, 5.74) is -0.349. The minimum Gasteiger partial charge on any atom is -0.393 e. The fourth-order valence-electron chi connectivity index (χ4n) is 8.58. The molecular formula is C26H38O6. The fourth-order valence-corrected chi connectivity index (χ4v) is 8.58. The molecule has 0 aromatic carbocycles. The average Bonchev–Trinajstić information content (AvgIpc) is 3.03. The lowest BCUT2D eigenvalue weighted by atomic mass is 9.45. The molecule has 0 radical (unpaired) electrons. The molecule has 6 heteroatoms. The molecule has 1 heterocycles. The molecule has 3 saturated carbocycles. The lowest BCUT2D eigenvalue weighted by Gasteiger charge is -2.62. The zero-order valence-electron chi connectivity index (χ0n) is 19.9. The number of allylic oxidation sites excluding steroid dienone is 1. The Hall–Kier alpha value is -1.08. The summed E-state index contributed by atoms with van der Waals surface area (Å²) in [6.45, 7) is 6.46. The quantitative estimate of drug-likeness (QED) is 0.707. The molecule has 4 aliphatic carbocycles. The first-order valence-electron chi connectivity index (χ1n) is 12.5. The Balaban J connectivity index is 1.52. The Labute approximate surface area is 191 Å². The second-order valence-electron chi connectivity index (χ2n) is 11.4. The van der Waals surface area contributed by atoms with Crippen molar-refractivity contribution in [3.8, 4) is 0 Å². The summed E-state index contributed by atoms with van der Waals surface area (Å²) in [5.74, 6) is -0.241. The van der Waals surface area contributed by atoms with Crippen molar-refractivity contribution >= 4 is 11.6 Å². The van der Waals surface area contributed by atoms with Gasteiger partial charge < -0.3 is 19.3 Å². The molecule has 5 rings (SSSR count). The van der Waals surface area contributed by atoms with E-state index in [0.29, 0.717) is 37.5 Å². The van der Waals surface area contributed by atoms with Gasteiger partial charge in [-0.05, 0) is 74.2 Å². The van der Waals surface area contributed by atoms with Crippen molar-refractivity contribution in [1.82, 2.24) is 0 Å². The van der Waals surface area contributed by atoms with Crippen molar-refractivity contribution in [2.45, 2.75) is 96.2 Å². The minimum atomic E-state index is -1.19. The standard InChI is InChI=1S/C26H38O6/c1-5-10-26(30-4)31-15-21(29)25(32-26)12-9-19-18-7-6-16-13-17(27)8-11-23(16,2)22(18)20(28)14-24(19,25)3/h13,18-20,22,28H,5-12,14-15H2,1-4H3/t18-,19-,20-,22+,23-,24-,25-,26-/m0/s1. The molecule has 0 unspecified atom stereocenters. The first kappa shape index (κ1) is 22.7. The number of aliphatic hydroxyl groups is 1. The first-order valence-corrected chi connectivity index (χ1v) is 12.5. The molecule has 1 saturated heterocycles. The SMILES string of the molecule is CCC[C@]1(OC)OCC(=O)[C@]2(CC[C@H]3[C@@H]4CCC5=CC(=O)CC[C@]5(C)[C@H]4[C@@H](O)C[C@@]32C)O1. The number of rotatable bonds is 3. The van der Waals surface area contributed by atoms with Crippen LogP contribution in [-0.2, 0) is 23.8 Å². The molecule has 1 spiro atoms. The third-order valence-electron chi connectivity index (χ3n) is 10.1. The molecule has 0 amide bonds. The van der Waals surface area contributed by atoms with Gasteiger partial charge in [-0.1, -0.05) is 26.3 Å². The van der Waals surface area contributed by atoms with Gasteiger partial charge in [0.2, 0.25) is 0 Å². The van der Waals surface area contributed by atoms with Gasteiger partial charge in [0, 0.05) is 25.4 Å². The number of ether oxygens (including phenoxy) is 3. The minimum absolute atomic E-state index is 0.00689. The van der Waals surface area contributed by atoms with Crippen molar-refractivity contribution in [2.24, 2.45) is 28.6 Å². The van der Waals surface area contributed by atoms with Crippen LogP contribution in [0, 0.1) is 28.6 Å². The van der Waals surface area contributed by atoms with Gasteiger partial charge in [0.05, 0.1) is 6.10 Å². The number of hydrogen-bond donors (Lipinski definition) is 1. The van der Waals surface area contributed by atoms with Crippen LogP contribution in [0.1, 0.15) is 78.6 Å². The fraction of sp³-hybridized carbons (Fsp3) is 0.846. The lowest BCUT2D eigenvalue weighted by Crippen LogP contribution is -2.67. The number of Topliss-reactive ketones (excluding diaryl/α,β-unsaturated/α-hetero) is 1. The van der Waals surface area contributed by atoms with Crippen LogP contribution in [0.15, 0.2) is 11.6 Å². The number of ketones is 2. The molecule has 6 nitrogen and oxygen atoms in total. The van der Waals surface area contributed by atoms with Crippen LogP contribution in [0.2, 0.25) is 0 Å². The highest BCUT2D eigenvalue weighted by Gasteiger charge is 2.72. The average molecular weight is 447 g/mol. The maximum atomic E-state index is 13.4. The van der Waals surface area contributed by atoms with Gasteiger partial charge in [0.15, 0.2) is 11.6 Å². The van der Waals surface area contributed by atoms with E-state index in [0.717, 1.165) is 32.1 Å². The molecule has 0 aromatic rings. The van der Waals surface area contributed by atoms with Gasteiger partial charge in [-0.3, -0.25) is 9.59 Å². The van der Waals surface area contributed by atoms with E-state index in [1.54, 1.807) is 7.11 Å². The topological polar surface area (TPSA) is 82.1 Å². The number of hydrogen-bond acceptors (Lipinski definition) is 6. The molecule has 178 valence electrons. The third kappa shape index (κ3) is 2.85. The largest absolute Gasteiger partial charge is 0.393 e. The number of fused-ring (bicyclic) bond motifs is 6. The lowest BCUT2D eigenvalue weighted by molar-refractivity contribution is -0.426. The normalized spacial score (nSPS) is 50.6. The van der Waals surface area contributed by atoms with Crippen molar-refractivity contribution in [3.63, 3.8) is 0 Å². The van der Waals surface area contributed by atoms with Crippen molar-refractivity contribution in [1.29, 1.82) is 0 Å². The summed E-state index contributed by atoms with van der Waals surface area (Å²) in [4.78, 5) is 25.5. The maximum absolute atomic E-state index is 13.4. The Kier molecular flexibility index (Phi) is 5.29. The van der Waals surface area contributed by atoms with Gasteiger partial charge in [-0.15, -0.1) is 0 Å².